The molecule has 120 valence electrons. The second kappa shape index (κ2) is 7.14. The first-order valence-electron chi connectivity index (χ1n) is 7.29. The molecule has 1 aromatic carbocycles. The van der Waals surface area contributed by atoms with Crippen LogP contribution in [-0.4, -0.2) is 28.3 Å². The summed E-state index contributed by atoms with van der Waals surface area (Å²) in [5.74, 6) is -0.785. The first kappa shape index (κ1) is 16.0. The van der Waals surface area contributed by atoms with Crippen LogP contribution in [0.4, 0.5) is 0 Å². The van der Waals surface area contributed by atoms with Crippen LogP contribution in [0.3, 0.4) is 0 Å². The highest BCUT2D eigenvalue weighted by molar-refractivity contribution is 7.17. The Morgan fingerprint density at radius 1 is 1.08 bits per heavy atom. The Morgan fingerprint density at radius 3 is 2.54 bits per heavy atom. The smallest absolute Gasteiger partial charge is 0.350 e. The molecule has 0 unspecified atom stereocenters. The number of hydrogen-bond donors (Lipinski definition) is 0. The van der Waals surface area contributed by atoms with Crippen molar-refractivity contribution in [3.8, 4) is 10.7 Å². The molecule has 2 heterocycles. The van der Waals surface area contributed by atoms with Gasteiger partial charge in [-0.15, -0.1) is 11.3 Å². The zero-order valence-corrected chi connectivity index (χ0v) is 13.7. The van der Waals surface area contributed by atoms with Gasteiger partial charge in [0.25, 0.3) is 0 Å². The molecule has 0 aliphatic rings. The number of pyridine rings is 1. The number of esters is 1. The SMILES string of the molecule is Cc1nc(-c2ccccn2)sc1C(=O)OCC(=O)c1ccccc1. The summed E-state index contributed by atoms with van der Waals surface area (Å²) in [6.45, 7) is 1.44. The minimum absolute atomic E-state index is 0.240. The van der Waals surface area contributed by atoms with Crippen LogP contribution in [-0.2, 0) is 4.74 Å². The fourth-order valence-corrected chi connectivity index (χ4v) is 3.03. The molecule has 2 aromatic heterocycles. The van der Waals surface area contributed by atoms with Crippen LogP contribution in [0.25, 0.3) is 10.7 Å². The number of aromatic nitrogens is 2. The molecule has 5 nitrogen and oxygen atoms in total. The number of hydrogen-bond acceptors (Lipinski definition) is 6. The van der Waals surface area contributed by atoms with E-state index in [1.165, 1.54) is 11.3 Å². The largest absolute Gasteiger partial charge is 0.453 e. The minimum Gasteiger partial charge on any atom is -0.453 e. The molecule has 24 heavy (non-hydrogen) atoms. The number of nitrogens with zero attached hydrogens (tertiary/aromatic N) is 2. The Labute approximate surface area is 143 Å². The summed E-state index contributed by atoms with van der Waals surface area (Å²) in [4.78, 5) is 33.2. The molecule has 0 N–H and O–H groups in total. The normalized spacial score (nSPS) is 10.4. The topological polar surface area (TPSA) is 69.2 Å². The second-order valence-corrected chi connectivity index (χ2v) is 6.01. The average molecular weight is 338 g/mol. The second-order valence-electron chi connectivity index (χ2n) is 5.01. The number of Topliss-reactive ketones (excluding diaryl/α,β-unsaturated/α-hetero) is 1. The Kier molecular flexibility index (Phi) is 4.77. The summed E-state index contributed by atoms with van der Waals surface area (Å²) in [5, 5.41) is 0.648. The van der Waals surface area contributed by atoms with E-state index in [1.807, 2.05) is 24.3 Å². The lowest BCUT2D eigenvalue weighted by atomic mass is 10.1. The summed E-state index contributed by atoms with van der Waals surface area (Å²) in [5.41, 5.74) is 1.78. The van der Waals surface area contributed by atoms with Gasteiger partial charge < -0.3 is 4.74 Å². The Bertz CT molecular complexity index is 860. The van der Waals surface area contributed by atoms with Crippen LogP contribution >= 0.6 is 11.3 Å². The third-order valence-electron chi connectivity index (χ3n) is 3.30. The Hall–Kier alpha value is -2.86. The lowest BCUT2D eigenvalue weighted by Crippen LogP contribution is -2.14. The van der Waals surface area contributed by atoms with Gasteiger partial charge in [0, 0.05) is 11.8 Å². The van der Waals surface area contributed by atoms with Gasteiger partial charge in [-0.05, 0) is 19.1 Å². The first-order valence-corrected chi connectivity index (χ1v) is 8.11. The van der Waals surface area contributed by atoms with Crippen LogP contribution in [0.5, 0.6) is 0 Å². The van der Waals surface area contributed by atoms with Crippen LogP contribution in [0.1, 0.15) is 25.7 Å². The molecular formula is C18H14N2O3S. The monoisotopic (exact) mass is 338 g/mol. The van der Waals surface area contributed by atoms with Crippen molar-refractivity contribution in [2.75, 3.05) is 6.61 Å². The quantitative estimate of drug-likeness (QED) is 0.525. The van der Waals surface area contributed by atoms with E-state index in [2.05, 4.69) is 9.97 Å². The number of aryl methyl sites for hydroxylation is 1. The lowest BCUT2D eigenvalue weighted by molar-refractivity contribution is 0.0478. The van der Waals surface area contributed by atoms with E-state index in [0.29, 0.717) is 26.8 Å². The van der Waals surface area contributed by atoms with Crippen molar-refractivity contribution in [3.63, 3.8) is 0 Å². The minimum atomic E-state index is -0.545. The molecule has 0 saturated carbocycles. The van der Waals surface area contributed by atoms with Gasteiger partial charge in [0.2, 0.25) is 0 Å². The fraction of sp³-hybridized carbons (Fsp3) is 0.111. The van der Waals surface area contributed by atoms with E-state index in [-0.39, 0.29) is 12.4 Å². The van der Waals surface area contributed by atoms with Crippen LogP contribution in [0.2, 0.25) is 0 Å². The van der Waals surface area contributed by atoms with Gasteiger partial charge in [0.1, 0.15) is 9.88 Å². The molecule has 0 atom stereocenters. The van der Waals surface area contributed by atoms with Crippen LogP contribution < -0.4 is 0 Å². The van der Waals surface area contributed by atoms with E-state index in [9.17, 15) is 9.59 Å². The van der Waals surface area contributed by atoms with Crippen LogP contribution in [0.15, 0.2) is 54.7 Å². The van der Waals surface area contributed by atoms with Crippen molar-refractivity contribution in [1.29, 1.82) is 0 Å². The van der Waals surface area contributed by atoms with Gasteiger partial charge in [-0.1, -0.05) is 36.4 Å². The lowest BCUT2D eigenvalue weighted by Gasteiger charge is -2.03. The number of carbonyl (C=O) groups is 2. The van der Waals surface area contributed by atoms with Gasteiger partial charge in [0.15, 0.2) is 12.4 Å². The highest BCUT2D eigenvalue weighted by atomic mass is 32.1. The zero-order chi connectivity index (χ0) is 16.9. The number of carbonyl (C=O) groups excluding carboxylic acids is 2. The van der Waals surface area contributed by atoms with Gasteiger partial charge in [0.05, 0.1) is 11.4 Å². The third kappa shape index (κ3) is 3.55. The number of benzene rings is 1. The molecule has 3 rings (SSSR count). The van der Waals surface area contributed by atoms with Crippen LogP contribution in [0, 0.1) is 6.92 Å². The van der Waals surface area contributed by atoms with Crippen molar-refractivity contribution < 1.29 is 14.3 Å². The Balaban J connectivity index is 1.70. The van der Waals surface area contributed by atoms with Gasteiger partial charge >= 0.3 is 5.97 Å². The zero-order valence-electron chi connectivity index (χ0n) is 12.9. The molecule has 0 fully saturated rings. The molecule has 0 amide bonds. The molecule has 0 aliphatic carbocycles. The number of ether oxygens (including phenoxy) is 1. The maximum absolute atomic E-state index is 12.2. The molecule has 0 spiro atoms. The summed E-state index contributed by atoms with van der Waals surface area (Å²) in [7, 11) is 0. The standard InChI is InChI=1S/C18H14N2O3S/c1-12-16(24-17(20-12)14-9-5-6-10-19-14)18(22)23-11-15(21)13-7-3-2-4-8-13/h2-10H,11H2,1H3. The maximum Gasteiger partial charge on any atom is 0.350 e. The molecule has 0 aliphatic heterocycles. The van der Waals surface area contributed by atoms with Gasteiger partial charge in [-0.25, -0.2) is 9.78 Å². The van der Waals surface area contributed by atoms with Gasteiger partial charge in [-0.2, -0.15) is 0 Å². The predicted octanol–water partition coefficient (Wildman–Crippen LogP) is 3.55. The van der Waals surface area contributed by atoms with E-state index in [1.54, 1.807) is 37.4 Å². The summed E-state index contributed by atoms with van der Waals surface area (Å²) in [6, 6.07) is 14.2. The molecule has 3 aromatic rings. The third-order valence-corrected chi connectivity index (χ3v) is 4.46. The molecule has 6 heteroatoms. The van der Waals surface area contributed by atoms with Crippen molar-refractivity contribution in [2.45, 2.75) is 6.92 Å². The maximum atomic E-state index is 12.2. The van der Waals surface area contributed by atoms with Gasteiger partial charge in [-0.3, -0.25) is 9.78 Å². The molecule has 0 saturated heterocycles. The number of ketones is 1. The average Bonchev–Trinajstić information content (AvgIpc) is 3.03. The first-order chi connectivity index (χ1) is 11.6. The van der Waals surface area contributed by atoms with E-state index in [4.69, 9.17) is 4.74 Å². The highest BCUT2D eigenvalue weighted by Gasteiger charge is 2.19. The van der Waals surface area contributed by atoms with E-state index < -0.39 is 5.97 Å². The Morgan fingerprint density at radius 2 is 1.83 bits per heavy atom. The van der Waals surface area contributed by atoms with Crippen molar-refractivity contribution in [1.82, 2.24) is 9.97 Å². The van der Waals surface area contributed by atoms with Crippen molar-refractivity contribution in [3.05, 3.63) is 70.9 Å². The number of thiazole rings is 1. The molecule has 0 bridgehead atoms. The fourth-order valence-electron chi connectivity index (χ4n) is 2.09. The highest BCUT2D eigenvalue weighted by Crippen LogP contribution is 2.26. The molecular weight excluding hydrogens is 324 g/mol. The molecule has 0 radical (unpaired) electrons. The predicted molar refractivity (Wildman–Crippen MR) is 91.1 cm³/mol. The summed E-state index contributed by atoms with van der Waals surface area (Å²) in [6.07, 6.45) is 1.67. The van der Waals surface area contributed by atoms with E-state index in [0.717, 1.165) is 0 Å². The number of rotatable bonds is 5. The van der Waals surface area contributed by atoms with Crippen molar-refractivity contribution in [2.24, 2.45) is 0 Å². The summed E-state index contributed by atoms with van der Waals surface area (Å²) < 4.78 is 5.14. The van der Waals surface area contributed by atoms with E-state index >= 15 is 0 Å². The summed E-state index contributed by atoms with van der Waals surface area (Å²) >= 11 is 1.21. The van der Waals surface area contributed by atoms with Crippen molar-refractivity contribution >= 4 is 23.1 Å².